The van der Waals surface area contributed by atoms with Crippen molar-refractivity contribution in [3.8, 4) is 0 Å². The van der Waals surface area contributed by atoms with Gasteiger partial charge in [-0.1, -0.05) is 0 Å². The van der Waals surface area contributed by atoms with Gasteiger partial charge >= 0.3 is 0 Å². The van der Waals surface area contributed by atoms with E-state index in [2.05, 4.69) is 14.9 Å². The third kappa shape index (κ3) is 0.913. The highest BCUT2D eigenvalue weighted by molar-refractivity contribution is 5.55. The fraction of sp³-hybridized carbons (Fsp3) is 0.500. The molecule has 2 rings (SSSR count). The van der Waals surface area contributed by atoms with Crippen molar-refractivity contribution in [2.45, 2.75) is 13.3 Å². The van der Waals surface area contributed by atoms with E-state index < -0.39 is 0 Å². The zero-order valence-corrected chi connectivity index (χ0v) is 7.33. The van der Waals surface area contributed by atoms with Gasteiger partial charge in [0.2, 0.25) is 5.95 Å². The van der Waals surface area contributed by atoms with Gasteiger partial charge in [-0.15, -0.1) is 0 Å². The van der Waals surface area contributed by atoms with Crippen molar-refractivity contribution in [1.29, 1.82) is 0 Å². The van der Waals surface area contributed by atoms with Gasteiger partial charge in [-0.25, -0.2) is 4.98 Å². The Bertz CT molecular complexity index is 321. The van der Waals surface area contributed by atoms with Crippen LogP contribution >= 0.6 is 0 Å². The van der Waals surface area contributed by atoms with Crippen LogP contribution in [0, 0.1) is 6.92 Å². The highest BCUT2D eigenvalue weighted by Gasteiger charge is 2.20. The molecule has 0 aromatic carbocycles. The number of nitrogens with zero attached hydrogens (tertiary/aromatic N) is 3. The molecule has 0 unspecified atom stereocenters. The molecule has 0 atom stereocenters. The normalized spacial score (nSPS) is 15.0. The van der Waals surface area contributed by atoms with Gasteiger partial charge in [-0.05, 0) is 13.3 Å². The standard InChI is InChI=1S/C8H12N4/c1-5-6-3-4-12(2)7(6)11-8(9)10-5/h3-4H2,1-2H3,(H2,9,10,11). The highest BCUT2D eigenvalue weighted by atomic mass is 15.2. The van der Waals surface area contributed by atoms with Crippen molar-refractivity contribution in [1.82, 2.24) is 9.97 Å². The summed E-state index contributed by atoms with van der Waals surface area (Å²) in [5.74, 6) is 1.38. The number of aromatic nitrogens is 2. The first kappa shape index (κ1) is 7.34. The third-order valence-corrected chi connectivity index (χ3v) is 2.27. The van der Waals surface area contributed by atoms with Crippen LogP contribution in [0.15, 0.2) is 0 Å². The minimum Gasteiger partial charge on any atom is -0.368 e. The van der Waals surface area contributed by atoms with Crippen LogP contribution in [-0.4, -0.2) is 23.6 Å². The predicted molar refractivity (Wildman–Crippen MR) is 48.2 cm³/mol. The molecule has 12 heavy (non-hydrogen) atoms. The lowest BCUT2D eigenvalue weighted by atomic mass is 10.2. The molecule has 64 valence electrons. The molecule has 1 aromatic rings. The lowest BCUT2D eigenvalue weighted by Crippen LogP contribution is -2.14. The van der Waals surface area contributed by atoms with Crippen molar-refractivity contribution in [3.05, 3.63) is 11.3 Å². The third-order valence-electron chi connectivity index (χ3n) is 2.27. The number of hydrogen-bond donors (Lipinski definition) is 1. The van der Waals surface area contributed by atoms with E-state index in [1.54, 1.807) is 0 Å². The van der Waals surface area contributed by atoms with Gasteiger partial charge in [-0.2, -0.15) is 4.98 Å². The molecule has 0 fully saturated rings. The van der Waals surface area contributed by atoms with Crippen molar-refractivity contribution >= 4 is 11.8 Å². The summed E-state index contributed by atoms with van der Waals surface area (Å²) < 4.78 is 0. The number of fused-ring (bicyclic) bond motifs is 1. The van der Waals surface area contributed by atoms with E-state index in [4.69, 9.17) is 5.73 Å². The second kappa shape index (κ2) is 2.33. The van der Waals surface area contributed by atoms with Crippen LogP contribution in [0.3, 0.4) is 0 Å². The van der Waals surface area contributed by atoms with Crippen LogP contribution < -0.4 is 10.6 Å². The largest absolute Gasteiger partial charge is 0.368 e. The summed E-state index contributed by atoms with van der Waals surface area (Å²) in [5.41, 5.74) is 7.80. The fourth-order valence-electron chi connectivity index (χ4n) is 1.60. The maximum atomic E-state index is 5.54. The Labute approximate surface area is 71.4 Å². The van der Waals surface area contributed by atoms with Crippen LogP contribution in [0.2, 0.25) is 0 Å². The summed E-state index contributed by atoms with van der Waals surface area (Å²) in [6.45, 7) is 3.00. The molecule has 0 amide bonds. The van der Waals surface area contributed by atoms with Crippen LogP contribution in [0.1, 0.15) is 11.3 Å². The van der Waals surface area contributed by atoms with Crippen LogP contribution in [0.25, 0.3) is 0 Å². The molecule has 2 N–H and O–H groups in total. The maximum absolute atomic E-state index is 5.54. The number of likely N-dealkylation sites (N-methyl/N-ethyl adjacent to an activating group) is 1. The topological polar surface area (TPSA) is 55.0 Å². The Morgan fingerprint density at radius 1 is 1.42 bits per heavy atom. The number of rotatable bonds is 0. The first-order valence-corrected chi connectivity index (χ1v) is 4.02. The molecule has 0 aliphatic carbocycles. The van der Waals surface area contributed by atoms with Crippen LogP contribution in [-0.2, 0) is 6.42 Å². The van der Waals surface area contributed by atoms with E-state index in [0.29, 0.717) is 5.95 Å². The molecule has 0 spiro atoms. The molecular weight excluding hydrogens is 152 g/mol. The minimum absolute atomic E-state index is 0.375. The van der Waals surface area contributed by atoms with Crippen molar-refractivity contribution in [2.24, 2.45) is 0 Å². The summed E-state index contributed by atoms with van der Waals surface area (Å²) in [6.07, 6.45) is 1.04. The Morgan fingerprint density at radius 2 is 2.17 bits per heavy atom. The first-order chi connectivity index (χ1) is 5.68. The number of hydrogen-bond acceptors (Lipinski definition) is 4. The first-order valence-electron chi connectivity index (χ1n) is 4.02. The Kier molecular flexibility index (Phi) is 1.43. The van der Waals surface area contributed by atoms with E-state index in [-0.39, 0.29) is 0 Å². The average molecular weight is 164 g/mol. The number of anilines is 2. The smallest absolute Gasteiger partial charge is 0.222 e. The zero-order chi connectivity index (χ0) is 8.72. The van der Waals surface area contributed by atoms with Gasteiger partial charge in [0.1, 0.15) is 5.82 Å². The quantitative estimate of drug-likeness (QED) is 0.601. The Morgan fingerprint density at radius 3 is 2.92 bits per heavy atom. The molecule has 2 heterocycles. The van der Waals surface area contributed by atoms with Crippen molar-refractivity contribution in [3.63, 3.8) is 0 Å². The van der Waals surface area contributed by atoms with Gasteiger partial charge in [0.05, 0.1) is 0 Å². The molecule has 4 nitrogen and oxygen atoms in total. The number of aryl methyl sites for hydroxylation is 1. The highest BCUT2D eigenvalue weighted by Crippen LogP contribution is 2.26. The summed E-state index contributed by atoms with van der Waals surface area (Å²) in [5, 5.41) is 0. The lowest BCUT2D eigenvalue weighted by Gasteiger charge is -2.10. The molecule has 0 saturated carbocycles. The summed E-state index contributed by atoms with van der Waals surface area (Å²) in [4.78, 5) is 10.4. The second-order valence-corrected chi connectivity index (χ2v) is 3.14. The predicted octanol–water partition coefficient (Wildman–Crippen LogP) is 0.360. The SMILES string of the molecule is Cc1nc(N)nc2c1CCN2C. The lowest BCUT2D eigenvalue weighted by molar-refractivity contribution is 0.945. The van der Waals surface area contributed by atoms with Crippen molar-refractivity contribution < 1.29 is 0 Å². The van der Waals surface area contributed by atoms with Gasteiger partial charge < -0.3 is 10.6 Å². The van der Waals surface area contributed by atoms with E-state index in [1.165, 1.54) is 5.56 Å². The van der Waals surface area contributed by atoms with Gasteiger partial charge in [0.15, 0.2) is 0 Å². The molecule has 1 aliphatic rings. The van der Waals surface area contributed by atoms with Gasteiger partial charge in [0, 0.05) is 24.8 Å². The van der Waals surface area contributed by atoms with E-state index in [9.17, 15) is 0 Å². The van der Waals surface area contributed by atoms with Crippen LogP contribution in [0.4, 0.5) is 11.8 Å². The average Bonchev–Trinajstić information content (AvgIpc) is 2.33. The molecule has 0 bridgehead atoms. The van der Waals surface area contributed by atoms with Crippen molar-refractivity contribution in [2.75, 3.05) is 24.2 Å². The van der Waals surface area contributed by atoms with Crippen LogP contribution in [0.5, 0.6) is 0 Å². The van der Waals surface area contributed by atoms with E-state index in [1.807, 2.05) is 14.0 Å². The number of nitrogen functional groups attached to an aromatic ring is 1. The summed E-state index contributed by atoms with van der Waals surface area (Å²) in [6, 6.07) is 0. The fourth-order valence-corrected chi connectivity index (χ4v) is 1.60. The molecule has 1 aromatic heterocycles. The molecule has 0 saturated heterocycles. The molecular formula is C8H12N4. The Balaban J connectivity index is 2.60. The minimum atomic E-state index is 0.375. The summed E-state index contributed by atoms with van der Waals surface area (Å²) in [7, 11) is 2.03. The van der Waals surface area contributed by atoms with Gasteiger partial charge in [-0.3, -0.25) is 0 Å². The molecule has 0 radical (unpaired) electrons. The van der Waals surface area contributed by atoms with E-state index in [0.717, 1.165) is 24.5 Å². The van der Waals surface area contributed by atoms with E-state index >= 15 is 0 Å². The molecule has 4 heteroatoms. The molecule has 1 aliphatic heterocycles. The number of nitrogens with two attached hydrogens (primary N) is 1. The van der Waals surface area contributed by atoms with Gasteiger partial charge in [0.25, 0.3) is 0 Å². The maximum Gasteiger partial charge on any atom is 0.222 e. The Hall–Kier alpha value is -1.32. The summed E-state index contributed by atoms with van der Waals surface area (Å²) >= 11 is 0. The zero-order valence-electron chi connectivity index (χ0n) is 7.33. The second-order valence-electron chi connectivity index (χ2n) is 3.14. The monoisotopic (exact) mass is 164 g/mol.